The van der Waals surface area contributed by atoms with E-state index < -0.39 is 17.5 Å². The first-order valence-electron chi connectivity index (χ1n) is 8.08. The molecule has 132 valence electrons. The summed E-state index contributed by atoms with van der Waals surface area (Å²) in [4.78, 5) is 24.5. The molecule has 2 aromatic carbocycles. The number of fused-ring (bicyclic) bond motifs is 3. The number of halogens is 2. The summed E-state index contributed by atoms with van der Waals surface area (Å²) in [5, 5.41) is 0.738. The summed E-state index contributed by atoms with van der Waals surface area (Å²) in [7, 11) is 0. The topological polar surface area (TPSA) is 56.5 Å². The maximum atomic E-state index is 14.3. The van der Waals surface area contributed by atoms with Crippen LogP contribution in [0.3, 0.4) is 0 Å². The van der Waals surface area contributed by atoms with E-state index in [1.165, 1.54) is 18.2 Å². The van der Waals surface area contributed by atoms with Gasteiger partial charge in [0.05, 0.1) is 22.4 Å². The number of benzene rings is 2. The van der Waals surface area contributed by atoms with Crippen LogP contribution in [0, 0.1) is 19.7 Å². The molecule has 1 atom stereocenters. The van der Waals surface area contributed by atoms with Gasteiger partial charge in [-0.2, -0.15) is 0 Å². The van der Waals surface area contributed by atoms with Crippen LogP contribution in [0.15, 0.2) is 39.5 Å². The smallest absolute Gasteiger partial charge is 0.336 e. The molecule has 1 aliphatic heterocycles. The quantitative estimate of drug-likeness (QED) is 0.569. The van der Waals surface area contributed by atoms with E-state index in [0.29, 0.717) is 33.4 Å². The molecular weight excluding hydrogens is 359 g/mol. The van der Waals surface area contributed by atoms with Crippen molar-refractivity contribution in [3.63, 3.8) is 0 Å². The average Bonchev–Trinajstić information content (AvgIpc) is 2.53. The molecule has 0 saturated carbocycles. The molecule has 0 saturated heterocycles. The van der Waals surface area contributed by atoms with Crippen LogP contribution in [0.4, 0.5) is 4.39 Å². The molecule has 0 spiro atoms. The van der Waals surface area contributed by atoms with Crippen molar-refractivity contribution in [1.29, 1.82) is 0 Å². The van der Waals surface area contributed by atoms with Gasteiger partial charge < -0.3 is 9.15 Å². The SMILES string of the molecule is Cc1cc2oc(=O)cc(C)c2c2c1C(=O)C[C@@H](c1c(F)cccc1Cl)O2. The Morgan fingerprint density at radius 3 is 2.65 bits per heavy atom. The highest BCUT2D eigenvalue weighted by molar-refractivity contribution is 6.31. The van der Waals surface area contributed by atoms with Gasteiger partial charge in [-0.1, -0.05) is 17.7 Å². The summed E-state index contributed by atoms with van der Waals surface area (Å²) in [6, 6.07) is 7.33. The highest BCUT2D eigenvalue weighted by Gasteiger charge is 2.34. The van der Waals surface area contributed by atoms with E-state index in [1.807, 2.05) is 0 Å². The third kappa shape index (κ3) is 2.51. The van der Waals surface area contributed by atoms with Crippen LogP contribution in [0.5, 0.6) is 5.75 Å². The van der Waals surface area contributed by atoms with Gasteiger partial charge in [0.15, 0.2) is 5.78 Å². The van der Waals surface area contributed by atoms with E-state index in [-0.39, 0.29) is 22.8 Å². The Balaban J connectivity index is 1.98. The number of carbonyl (C=O) groups is 1. The van der Waals surface area contributed by atoms with Gasteiger partial charge in [0, 0.05) is 11.6 Å². The van der Waals surface area contributed by atoms with Crippen molar-refractivity contribution in [1.82, 2.24) is 0 Å². The number of hydrogen-bond donors (Lipinski definition) is 0. The monoisotopic (exact) mass is 372 g/mol. The molecule has 0 radical (unpaired) electrons. The molecule has 26 heavy (non-hydrogen) atoms. The molecule has 0 fully saturated rings. The molecule has 0 amide bonds. The Morgan fingerprint density at radius 1 is 1.15 bits per heavy atom. The van der Waals surface area contributed by atoms with Crippen LogP contribution in [0.25, 0.3) is 11.0 Å². The van der Waals surface area contributed by atoms with E-state index in [9.17, 15) is 14.0 Å². The Bertz CT molecular complexity index is 1110. The number of Topliss-reactive ketones (excluding diaryl/α,β-unsaturated/α-hetero) is 1. The van der Waals surface area contributed by atoms with Crippen molar-refractivity contribution in [2.45, 2.75) is 26.4 Å². The second-order valence-corrected chi connectivity index (χ2v) is 6.80. The predicted molar refractivity (Wildman–Crippen MR) is 95.7 cm³/mol. The Morgan fingerprint density at radius 2 is 1.92 bits per heavy atom. The molecule has 0 N–H and O–H groups in total. The molecule has 1 aromatic heterocycles. The fourth-order valence-electron chi connectivity index (χ4n) is 3.50. The lowest BCUT2D eigenvalue weighted by molar-refractivity contribution is 0.0848. The molecule has 1 aliphatic rings. The Kier molecular flexibility index (Phi) is 3.84. The first-order valence-corrected chi connectivity index (χ1v) is 8.46. The Labute approximate surface area is 153 Å². The normalized spacial score (nSPS) is 16.5. The van der Waals surface area contributed by atoms with Crippen molar-refractivity contribution in [3.05, 3.63) is 73.8 Å². The standard InChI is InChI=1S/C20H14ClFO4/c1-9-6-14-18(10(2)7-16(24)25-14)20-17(9)13(23)8-15(26-20)19-11(21)4-3-5-12(19)22/h3-7,15H,8H2,1-2H3/t15-/m0/s1. The predicted octanol–water partition coefficient (Wildman–Crippen LogP) is 4.91. The summed E-state index contributed by atoms with van der Waals surface area (Å²) in [5.41, 5.74) is 1.70. The highest BCUT2D eigenvalue weighted by Crippen LogP contribution is 2.44. The van der Waals surface area contributed by atoms with Crippen LogP contribution >= 0.6 is 11.6 Å². The Hall–Kier alpha value is -2.66. The van der Waals surface area contributed by atoms with Crippen molar-refractivity contribution >= 4 is 28.4 Å². The fourth-order valence-corrected chi connectivity index (χ4v) is 3.78. The van der Waals surface area contributed by atoms with Crippen molar-refractivity contribution in [2.24, 2.45) is 0 Å². The van der Waals surface area contributed by atoms with Gasteiger partial charge in [-0.05, 0) is 43.2 Å². The molecule has 2 heterocycles. The van der Waals surface area contributed by atoms with Crippen molar-refractivity contribution < 1.29 is 18.3 Å². The first kappa shape index (κ1) is 16.8. The largest absolute Gasteiger partial charge is 0.484 e. The fraction of sp³-hybridized carbons (Fsp3) is 0.200. The van der Waals surface area contributed by atoms with Crippen LogP contribution < -0.4 is 10.4 Å². The maximum Gasteiger partial charge on any atom is 0.336 e. The maximum absolute atomic E-state index is 14.3. The van der Waals surface area contributed by atoms with Gasteiger partial charge in [0.25, 0.3) is 0 Å². The minimum atomic E-state index is -0.847. The molecule has 6 heteroatoms. The first-order chi connectivity index (χ1) is 12.4. The van der Waals surface area contributed by atoms with Crippen LogP contribution in [-0.2, 0) is 0 Å². The molecule has 0 bridgehead atoms. The van der Waals surface area contributed by atoms with E-state index in [0.717, 1.165) is 0 Å². The number of carbonyl (C=O) groups excluding carboxylic acids is 1. The number of ether oxygens (including phenoxy) is 1. The number of hydrogen-bond acceptors (Lipinski definition) is 4. The molecule has 3 aromatic rings. The summed E-state index contributed by atoms with van der Waals surface area (Å²) >= 11 is 6.15. The zero-order valence-corrected chi connectivity index (χ0v) is 14.8. The van der Waals surface area contributed by atoms with E-state index >= 15 is 0 Å². The summed E-state index contributed by atoms with van der Waals surface area (Å²) < 4.78 is 25.7. The minimum Gasteiger partial charge on any atom is -0.484 e. The van der Waals surface area contributed by atoms with Crippen LogP contribution in [-0.4, -0.2) is 5.78 Å². The van der Waals surface area contributed by atoms with Gasteiger partial charge in [-0.3, -0.25) is 4.79 Å². The van der Waals surface area contributed by atoms with Gasteiger partial charge >= 0.3 is 5.63 Å². The lowest BCUT2D eigenvalue weighted by Crippen LogP contribution is -2.23. The van der Waals surface area contributed by atoms with Gasteiger partial charge in [-0.15, -0.1) is 0 Å². The highest BCUT2D eigenvalue weighted by atomic mass is 35.5. The second-order valence-electron chi connectivity index (χ2n) is 6.39. The average molecular weight is 373 g/mol. The molecule has 0 unspecified atom stereocenters. The van der Waals surface area contributed by atoms with Gasteiger partial charge in [0.2, 0.25) is 0 Å². The molecular formula is C20H14ClFO4. The zero-order valence-electron chi connectivity index (χ0n) is 14.1. The zero-order chi connectivity index (χ0) is 18.6. The van der Waals surface area contributed by atoms with E-state index in [2.05, 4.69) is 0 Å². The number of rotatable bonds is 1. The number of aryl methyl sites for hydroxylation is 2. The van der Waals surface area contributed by atoms with Crippen LogP contribution in [0.2, 0.25) is 5.02 Å². The minimum absolute atomic E-state index is 0.0180. The lowest BCUT2D eigenvalue weighted by Gasteiger charge is -2.28. The molecule has 4 nitrogen and oxygen atoms in total. The second kappa shape index (κ2) is 5.95. The molecule has 4 rings (SSSR count). The van der Waals surface area contributed by atoms with Gasteiger partial charge in [0.1, 0.15) is 23.3 Å². The van der Waals surface area contributed by atoms with Gasteiger partial charge in [-0.25, -0.2) is 9.18 Å². The third-order valence-corrected chi connectivity index (χ3v) is 4.94. The van der Waals surface area contributed by atoms with Crippen molar-refractivity contribution in [3.8, 4) is 5.75 Å². The van der Waals surface area contributed by atoms with Crippen LogP contribution in [0.1, 0.15) is 39.6 Å². The third-order valence-electron chi connectivity index (χ3n) is 4.61. The van der Waals surface area contributed by atoms with E-state index in [1.54, 1.807) is 26.0 Å². The van der Waals surface area contributed by atoms with E-state index in [4.69, 9.17) is 20.8 Å². The summed E-state index contributed by atoms with van der Waals surface area (Å²) in [6.45, 7) is 3.49. The lowest BCUT2D eigenvalue weighted by atomic mass is 9.91. The summed E-state index contributed by atoms with van der Waals surface area (Å²) in [6.07, 6.45) is -0.865. The summed E-state index contributed by atoms with van der Waals surface area (Å²) in [5.74, 6) is -0.388. The van der Waals surface area contributed by atoms with Crippen molar-refractivity contribution in [2.75, 3.05) is 0 Å². The molecule has 0 aliphatic carbocycles. The number of ketones is 1.